The van der Waals surface area contributed by atoms with Gasteiger partial charge in [-0.1, -0.05) is 5.16 Å². The number of piperazine rings is 1. The highest BCUT2D eigenvalue weighted by Crippen LogP contribution is 2.15. The molecule has 0 atom stereocenters. The Morgan fingerprint density at radius 1 is 1.04 bits per heavy atom. The lowest BCUT2D eigenvalue weighted by molar-refractivity contribution is 0.0704. The maximum Gasteiger partial charge on any atom is 0.292 e. The molecule has 0 N–H and O–H groups in total. The molecule has 1 saturated heterocycles. The zero-order valence-corrected chi connectivity index (χ0v) is 13.7. The number of hydrogen-bond donors (Lipinski definition) is 0. The number of carbonyl (C=O) groups excluding carboxylic acids is 1. The van der Waals surface area contributed by atoms with Gasteiger partial charge in [0.05, 0.1) is 11.9 Å². The highest BCUT2D eigenvalue weighted by Gasteiger charge is 2.24. The van der Waals surface area contributed by atoms with Crippen LogP contribution in [0.3, 0.4) is 0 Å². The molecule has 0 unspecified atom stereocenters. The molecule has 128 valence electrons. The van der Waals surface area contributed by atoms with Crippen LogP contribution in [0.2, 0.25) is 0 Å². The summed E-state index contributed by atoms with van der Waals surface area (Å²) in [6, 6.07) is 7.31. The Morgan fingerprint density at radius 3 is 2.40 bits per heavy atom. The fourth-order valence-corrected chi connectivity index (χ4v) is 2.77. The zero-order chi connectivity index (χ0) is 17.2. The number of nitrogens with zero attached hydrogens (tertiary/aromatic N) is 7. The lowest BCUT2D eigenvalue weighted by Crippen LogP contribution is -2.49. The SMILES string of the molecule is Cc1ccn(-c2ccc(N3CCN(C(=O)c4ccno4)CC3)nn2)n1. The van der Waals surface area contributed by atoms with Crippen molar-refractivity contribution in [3.05, 3.63) is 48.1 Å². The highest BCUT2D eigenvalue weighted by atomic mass is 16.5. The molecule has 1 aliphatic heterocycles. The standard InChI is InChI=1S/C16H17N7O2/c1-12-5-7-23(20-12)15-3-2-14(18-19-15)21-8-10-22(11-9-21)16(24)13-4-6-17-25-13/h2-7H,8-11H2,1H3. The Bertz CT molecular complexity index is 849. The molecule has 9 nitrogen and oxygen atoms in total. The monoisotopic (exact) mass is 339 g/mol. The molecule has 9 heteroatoms. The summed E-state index contributed by atoms with van der Waals surface area (Å²) in [4.78, 5) is 16.1. The van der Waals surface area contributed by atoms with Crippen molar-refractivity contribution in [1.29, 1.82) is 0 Å². The molecule has 4 heterocycles. The summed E-state index contributed by atoms with van der Waals surface area (Å²) in [5.41, 5.74) is 0.929. The minimum absolute atomic E-state index is 0.132. The van der Waals surface area contributed by atoms with Gasteiger partial charge in [-0.2, -0.15) is 5.10 Å². The molecule has 1 fully saturated rings. The fourth-order valence-electron chi connectivity index (χ4n) is 2.77. The lowest BCUT2D eigenvalue weighted by Gasteiger charge is -2.34. The van der Waals surface area contributed by atoms with Gasteiger partial charge in [0.1, 0.15) is 0 Å². The van der Waals surface area contributed by atoms with Crippen molar-refractivity contribution in [2.45, 2.75) is 6.92 Å². The summed E-state index contributed by atoms with van der Waals surface area (Å²) in [6.07, 6.45) is 3.33. The van der Waals surface area contributed by atoms with E-state index in [1.54, 1.807) is 15.6 Å². The molecule has 0 bridgehead atoms. The van der Waals surface area contributed by atoms with E-state index in [2.05, 4.69) is 25.4 Å². The number of rotatable bonds is 3. The van der Waals surface area contributed by atoms with Gasteiger partial charge >= 0.3 is 0 Å². The van der Waals surface area contributed by atoms with Crippen LogP contribution in [-0.4, -0.2) is 62.1 Å². The molecule has 0 aromatic carbocycles. The number of anilines is 1. The molecular weight excluding hydrogens is 322 g/mol. The van der Waals surface area contributed by atoms with E-state index in [1.165, 1.54) is 6.20 Å². The lowest BCUT2D eigenvalue weighted by atomic mass is 10.3. The predicted octanol–water partition coefficient (Wildman–Crippen LogP) is 0.921. The maximum atomic E-state index is 12.2. The molecule has 0 saturated carbocycles. The highest BCUT2D eigenvalue weighted by molar-refractivity contribution is 5.91. The molecule has 0 radical (unpaired) electrons. The first-order valence-corrected chi connectivity index (χ1v) is 8.02. The van der Waals surface area contributed by atoms with Crippen LogP contribution in [0.1, 0.15) is 16.2 Å². The molecule has 0 spiro atoms. The van der Waals surface area contributed by atoms with E-state index in [9.17, 15) is 4.79 Å². The van der Waals surface area contributed by atoms with Gasteiger partial charge in [0.25, 0.3) is 5.91 Å². The minimum Gasteiger partial charge on any atom is -0.352 e. The Kier molecular flexibility index (Phi) is 3.88. The van der Waals surface area contributed by atoms with E-state index >= 15 is 0 Å². The molecule has 1 amide bonds. The largest absolute Gasteiger partial charge is 0.352 e. The van der Waals surface area contributed by atoms with Crippen molar-refractivity contribution in [3.63, 3.8) is 0 Å². The number of hydrogen-bond acceptors (Lipinski definition) is 7. The molecule has 3 aromatic rings. The van der Waals surface area contributed by atoms with Gasteiger partial charge in [-0.15, -0.1) is 10.2 Å². The third-order valence-electron chi connectivity index (χ3n) is 4.13. The summed E-state index contributed by atoms with van der Waals surface area (Å²) in [5.74, 6) is 1.61. The van der Waals surface area contributed by atoms with Crippen molar-refractivity contribution in [3.8, 4) is 5.82 Å². The maximum absolute atomic E-state index is 12.2. The van der Waals surface area contributed by atoms with Gasteiger partial charge in [-0.3, -0.25) is 4.79 Å². The van der Waals surface area contributed by atoms with Crippen molar-refractivity contribution < 1.29 is 9.32 Å². The minimum atomic E-state index is -0.132. The van der Waals surface area contributed by atoms with E-state index in [4.69, 9.17) is 4.52 Å². The van der Waals surface area contributed by atoms with E-state index in [0.717, 1.165) is 11.5 Å². The van der Waals surface area contributed by atoms with Crippen molar-refractivity contribution >= 4 is 11.7 Å². The summed E-state index contributed by atoms with van der Waals surface area (Å²) in [7, 11) is 0. The average molecular weight is 339 g/mol. The van der Waals surface area contributed by atoms with E-state index < -0.39 is 0 Å². The predicted molar refractivity (Wildman–Crippen MR) is 88.5 cm³/mol. The third kappa shape index (κ3) is 3.08. The normalized spacial score (nSPS) is 14.8. The molecule has 4 rings (SSSR count). The van der Waals surface area contributed by atoms with Gasteiger partial charge in [0, 0.05) is 38.4 Å². The summed E-state index contributed by atoms with van der Waals surface area (Å²) < 4.78 is 6.63. The van der Waals surface area contributed by atoms with E-state index in [1.807, 2.05) is 31.3 Å². The Morgan fingerprint density at radius 2 is 1.80 bits per heavy atom. The molecular formula is C16H17N7O2. The second kappa shape index (κ2) is 6.34. The van der Waals surface area contributed by atoms with Crippen LogP contribution in [0.5, 0.6) is 0 Å². The van der Waals surface area contributed by atoms with Gasteiger partial charge in [0.2, 0.25) is 5.76 Å². The number of carbonyl (C=O) groups is 1. The van der Waals surface area contributed by atoms with Gasteiger partial charge in [0.15, 0.2) is 11.6 Å². The molecule has 1 aliphatic rings. The van der Waals surface area contributed by atoms with Crippen molar-refractivity contribution in [2.24, 2.45) is 0 Å². The Labute approximate surface area is 143 Å². The van der Waals surface area contributed by atoms with Crippen LogP contribution < -0.4 is 4.90 Å². The fraction of sp³-hybridized carbons (Fsp3) is 0.312. The number of amides is 1. The second-order valence-electron chi connectivity index (χ2n) is 5.81. The summed E-state index contributed by atoms with van der Waals surface area (Å²) >= 11 is 0. The number of aryl methyl sites for hydroxylation is 1. The zero-order valence-electron chi connectivity index (χ0n) is 13.7. The molecule has 3 aromatic heterocycles. The van der Waals surface area contributed by atoms with Crippen LogP contribution in [0.15, 0.2) is 41.2 Å². The summed E-state index contributed by atoms with van der Waals surface area (Å²) in [6.45, 7) is 4.50. The van der Waals surface area contributed by atoms with Crippen LogP contribution in [0, 0.1) is 6.92 Å². The average Bonchev–Trinajstić information content (AvgIpc) is 3.33. The van der Waals surface area contributed by atoms with Crippen LogP contribution in [-0.2, 0) is 0 Å². The third-order valence-corrected chi connectivity index (χ3v) is 4.13. The smallest absolute Gasteiger partial charge is 0.292 e. The van der Waals surface area contributed by atoms with Crippen LogP contribution in [0.25, 0.3) is 5.82 Å². The second-order valence-corrected chi connectivity index (χ2v) is 5.81. The van der Waals surface area contributed by atoms with Crippen LogP contribution >= 0.6 is 0 Å². The quantitative estimate of drug-likeness (QED) is 0.700. The topological polar surface area (TPSA) is 93.2 Å². The van der Waals surface area contributed by atoms with Gasteiger partial charge in [-0.25, -0.2) is 4.68 Å². The Hall–Kier alpha value is -3.23. The molecule has 25 heavy (non-hydrogen) atoms. The first-order valence-electron chi connectivity index (χ1n) is 8.02. The summed E-state index contributed by atoms with van der Waals surface area (Å²) in [5, 5.41) is 16.4. The Balaban J connectivity index is 1.40. The van der Waals surface area contributed by atoms with Crippen molar-refractivity contribution in [1.82, 2.24) is 30.0 Å². The van der Waals surface area contributed by atoms with Gasteiger partial charge < -0.3 is 14.3 Å². The van der Waals surface area contributed by atoms with Crippen molar-refractivity contribution in [2.75, 3.05) is 31.1 Å². The van der Waals surface area contributed by atoms with E-state index in [-0.39, 0.29) is 11.7 Å². The number of aromatic nitrogens is 5. The first kappa shape index (κ1) is 15.3. The van der Waals surface area contributed by atoms with Gasteiger partial charge in [-0.05, 0) is 25.1 Å². The van der Waals surface area contributed by atoms with E-state index in [0.29, 0.717) is 32.0 Å². The van der Waals surface area contributed by atoms with Crippen LogP contribution in [0.4, 0.5) is 5.82 Å². The first-order chi connectivity index (χ1) is 12.2. The molecule has 0 aliphatic carbocycles.